The van der Waals surface area contributed by atoms with Crippen LogP contribution in [0.15, 0.2) is 35.3 Å². The summed E-state index contributed by atoms with van der Waals surface area (Å²) in [4.78, 5) is 3.74. The Morgan fingerprint density at radius 3 is 2.80 bits per heavy atom. The third-order valence-electron chi connectivity index (χ3n) is 7.01. The molecule has 2 N–H and O–H groups in total. The predicted octanol–water partition coefficient (Wildman–Crippen LogP) is 4.75. The third-order valence-corrected chi connectivity index (χ3v) is 7.53. The summed E-state index contributed by atoms with van der Waals surface area (Å²) in [6.07, 6.45) is 8.55. The van der Waals surface area contributed by atoms with Crippen LogP contribution in [0.5, 0.6) is 5.75 Å². The van der Waals surface area contributed by atoms with E-state index >= 15 is 0 Å². The van der Waals surface area contributed by atoms with Gasteiger partial charge in [0.05, 0.1) is 11.6 Å². The van der Waals surface area contributed by atoms with Crippen LogP contribution >= 0.6 is 11.3 Å². The van der Waals surface area contributed by atoms with E-state index in [1.807, 2.05) is 17.5 Å². The number of aromatic hydroxyl groups is 1. The van der Waals surface area contributed by atoms with Crippen LogP contribution in [0, 0.1) is 17.3 Å². The Morgan fingerprint density at radius 1 is 1.20 bits per heavy atom. The van der Waals surface area contributed by atoms with Gasteiger partial charge in [-0.05, 0) is 85.0 Å². The maximum Gasteiger partial charge on any atom is 0.115 e. The van der Waals surface area contributed by atoms with Gasteiger partial charge < -0.3 is 10.2 Å². The molecule has 4 heteroatoms. The number of rotatable bonds is 0. The van der Waals surface area contributed by atoms with Crippen LogP contribution in [-0.2, 0) is 6.42 Å². The van der Waals surface area contributed by atoms with Gasteiger partial charge in [0, 0.05) is 11.6 Å². The monoisotopic (exact) mass is 357 g/mol. The van der Waals surface area contributed by atoms with Gasteiger partial charge >= 0.3 is 0 Å². The predicted molar refractivity (Wildman–Crippen MR) is 101 cm³/mol. The maximum absolute atomic E-state index is 10.4. The van der Waals surface area contributed by atoms with Gasteiger partial charge in [-0.15, -0.1) is 11.3 Å². The largest absolute Gasteiger partial charge is 0.508 e. The van der Waals surface area contributed by atoms with Crippen molar-refractivity contribution < 1.29 is 10.2 Å². The summed E-state index contributed by atoms with van der Waals surface area (Å²) >= 11 is 1.60. The molecule has 1 heterocycles. The molecule has 5 rings (SSSR count). The molecule has 0 amide bonds. The van der Waals surface area contributed by atoms with Gasteiger partial charge in [-0.25, -0.2) is 0 Å². The second-order valence-corrected chi connectivity index (χ2v) is 8.87. The zero-order valence-electron chi connectivity index (χ0n) is 14.8. The molecule has 1 aromatic heterocycles. The average Bonchev–Trinajstić information content (AvgIpc) is 3.27. The van der Waals surface area contributed by atoms with Gasteiger partial charge in [-0.2, -0.15) is 0 Å². The molecule has 1 aromatic carbocycles. The Morgan fingerprint density at radius 2 is 2.08 bits per heavy atom. The van der Waals surface area contributed by atoms with Gasteiger partial charge in [-0.3, -0.25) is 4.98 Å². The average molecular weight is 358 g/mol. The molecule has 134 valence electrons. The molecule has 3 nitrogen and oxygen atoms in total. The van der Waals surface area contributed by atoms with Crippen LogP contribution in [0.1, 0.15) is 56.1 Å². The highest BCUT2D eigenvalue weighted by atomic mass is 32.1. The summed E-state index contributed by atoms with van der Waals surface area (Å²) in [6.45, 7) is 2.32. The lowest BCUT2D eigenvalue weighted by Crippen LogP contribution is -2.43. The van der Waals surface area contributed by atoms with Crippen molar-refractivity contribution in [2.75, 3.05) is 0 Å². The fourth-order valence-corrected chi connectivity index (χ4v) is 6.07. The minimum Gasteiger partial charge on any atom is -0.508 e. The zero-order chi connectivity index (χ0) is 17.4. The van der Waals surface area contributed by atoms with E-state index in [0.29, 0.717) is 17.6 Å². The van der Waals surface area contributed by atoms with E-state index < -0.39 is 0 Å². The highest BCUT2D eigenvalue weighted by Crippen LogP contribution is 2.60. The Bertz CT molecular complexity index is 699. The zero-order valence-corrected chi connectivity index (χ0v) is 15.6. The number of aliphatic hydroxyl groups excluding tert-OH is 1. The van der Waals surface area contributed by atoms with Crippen molar-refractivity contribution in [3.8, 4) is 5.75 Å². The lowest BCUT2D eigenvalue weighted by molar-refractivity contribution is -0.0226. The normalized spacial score (nSPS) is 35.8. The topological polar surface area (TPSA) is 53.4 Å². The van der Waals surface area contributed by atoms with E-state index in [4.69, 9.17) is 0 Å². The SMILES string of the molecule is C[C@]12CC[C@@H]3c4ccc(O)cc4CC[C@H]3[C@@H]1CC[C@@H]2O.c1cscn1. The number of nitrogens with zero attached hydrogens (tertiary/aromatic N) is 1. The molecular weight excluding hydrogens is 330 g/mol. The van der Waals surface area contributed by atoms with Crippen molar-refractivity contribution in [3.05, 3.63) is 46.4 Å². The lowest BCUT2D eigenvalue weighted by Gasteiger charge is -2.50. The maximum atomic E-state index is 10.4. The van der Waals surface area contributed by atoms with Crippen molar-refractivity contribution >= 4 is 11.3 Å². The summed E-state index contributed by atoms with van der Waals surface area (Å²) < 4.78 is 0. The Labute approximate surface area is 153 Å². The first kappa shape index (κ1) is 17.0. The molecule has 0 radical (unpaired) electrons. The number of phenols is 1. The molecule has 0 unspecified atom stereocenters. The number of aromatic nitrogens is 1. The number of aryl methyl sites for hydroxylation is 1. The molecule has 2 fully saturated rings. The summed E-state index contributed by atoms with van der Waals surface area (Å²) in [5.41, 5.74) is 4.78. The van der Waals surface area contributed by atoms with Gasteiger partial charge in [0.25, 0.3) is 0 Å². The minimum absolute atomic E-state index is 0.0883. The molecule has 0 bridgehead atoms. The van der Waals surface area contributed by atoms with Crippen LogP contribution in [0.3, 0.4) is 0 Å². The Kier molecular flexibility index (Phi) is 4.59. The number of aliphatic hydroxyl groups is 1. The second kappa shape index (κ2) is 6.73. The Hall–Kier alpha value is -1.39. The lowest BCUT2D eigenvalue weighted by atomic mass is 9.55. The van der Waals surface area contributed by atoms with E-state index in [0.717, 1.165) is 25.2 Å². The van der Waals surface area contributed by atoms with Gasteiger partial charge in [0.15, 0.2) is 0 Å². The van der Waals surface area contributed by atoms with Crippen molar-refractivity contribution in [2.24, 2.45) is 17.3 Å². The van der Waals surface area contributed by atoms with E-state index in [1.54, 1.807) is 23.0 Å². The van der Waals surface area contributed by atoms with Crippen molar-refractivity contribution in [2.45, 2.75) is 57.5 Å². The fraction of sp³-hybridized carbons (Fsp3) is 0.571. The number of thiazole rings is 1. The first-order valence-electron chi connectivity index (χ1n) is 9.41. The highest BCUT2D eigenvalue weighted by Gasteiger charge is 2.54. The summed E-state index contributed by atoms with van der Waals surface area (Å²) in [6, 6.07) is 5.96. The van der Waals surface area contributed by atoms with E-state index in [1.165, 1.54) is 30.4 Å². The van der Waals surface area contributed by atoms with Gasteiger partial charge in [-0.1, -0.05) is 13.0 Å². The van der Waals surface area contributed by atoms with E-state index in [9.17, 15) is 10.2 Å². The van der Waals surface area contributed by atoms with Gasteiger partial charge in [0.1, 0.15) is 5.75 Å². The number of benzene rings is 1. The second-order valence-electron chi connectivity index (χ2n) is 8.11. The molecule has 0 aliphatic heterocycles. The fourth-order valence-electron chi connectivity index (χ4n) is 5.72. The molecule has 3 aliphatic rings. The van der Waals surface area contributed by atoms with Crippen LogP contribution in [-0.4, -0.2) is 21.3 Å². The standard InChI is InChI=1S/C18H24O2.C3H3NS/c1-18-9-8-14-13-5-3-12(19)10-11(13)2-4-15(14)16(18)6-7-17(18)20;1-2-5-3-4-1/h3,5,10,14-17,19-20H,2,4,6-9H2,1H3;1-3H/t14-,15-,16+,17+,18+;/m1./s1. The molecule has 2 saturated carbocycles. The van der Waals surface area contributed by atoms with Crippen LogP contribution < -0.4 is 0 Å². The number of hydrogen-bond acceptors (Lipinski definition) is 4. The third kappa shape index (κ3) is 3.00. The highest BCUT2D eigenvalue weighted by molar-refractivity contribution is 7.07. The molecule has 5 atom stereocenters. The molecule has 0 spiro atoms. The van der Waals surface area contributed by atoms with E-state index in [2.05, 4.69) is 18.0 Å². The Balaban J connectivity index is 0.000000272. The van der Waals surface area contributed by atoms with Crippen molar-refractivity contribution in [3.63, 3.8) is 0 Å². The van der Waals surface area contributed by atoms with Crippen LogP contribution in [0.4, 0.5) is 0 Å². The first-order valence-corrected chi connectivity index (χ1v) is 10.4. The molecule has 2 aromatic rings. The van der Waals surface area contributed by atoms with Gasteiger partial charge in [0.2, 0.25) is 0 Å². The number of fused-ring (bicyclic) bond motifs is 5. The smallest absolute Gasteiger partial charge is 0.115 e. The summed E-state index contributed by atoms with van der Waals surface area (Å²) in [5, 5.41) is 22.0. The molecule has 3 aliphatic carbocycles. The van der Waals surface area contributed by atoms with Crippen LogP contribution in [0.2, 0.25) is 0 Å². The molecular formula is C21H27NO2S. The van der Waals surface area contributed by atoms with E-state index in [-0.39, 0.29) is 11.5 Å². The molecule has 0 saturated heterocycles. The molecule has 25 heavy (non-hydrogen) atoms. The minimum atomic E-state index is -0.0883. The number of phenolic OH excluding ortho intramolecular Hbond substituents is 1. The quantitative estimate of drug-likeness (QED) is 0.715. The van der Waals surface area contributed by atoms with Crippen molar-refractivity contribution in [1.82, 2.24) is 4.98 Å². The summed E-state index contributed by atoms with van der Waals surface area (Å²) in [7, 11) is 0. The first-order chi connectivity index (χ1) is 12.1. The summed E-state index contributed by atoms with van der Waals surface area (Å²) in [5.74, 6) is 2.49. The number of hydrogen-bond donors (Lipinski definition) is 2. The van der Waals surface area contributed by atoms with Crippen LogP contribution in [0.25, 0.3) is 0 Å². The van der Waals surface area contributed by atoms with Crippen molar-refractivity contribution in [1.29, 1.82) is 0 Å².